The number of carbonyl (C=O) groups excluding carboxylic acids is 1. The molecule has 1 saturated heterocycles. The number of amides is 1. The van der Waals surface area contributed by atoms with E-state index in [0.717, 1.165) is 0 Å². The van der Waals surface area contributed by atoms with Gasteiger partial charge >= 0.3 is 5.97 Å². The minimum absolute atomic E-state index is 0. The molecule has 1 N–H and O–H groups in total. The van der Waals surface area contributed by atoms with E-state index in [2.05, 4.69) is 0 Å². The van der Waals surface area contributed by atoms with Gasteiger partial charge in [-0.1, -0.05) is 6.07 Å². The van der Waals surface area contributed by atoms with Gasteiger partial charge in [0.2, 0.25) is 5.91 Å². The Hall–Kier alpha value is -1.95. The van der Waals surface area contributed by atoms with Crippen LogP contribution in [0.15, 0.2) is 18.2 Å². The van der Waals surface area contributed by atoms with E-state index >= 15 is 0 Å². The Morgan fingerprint density at radius 1 is 1.27 bits per heavy atom. The summed E-state index contributed by atoms with van der Waals surface area (Å²) in [5.41, 5.74) is 0.686. The predicted molar refractivity (Wildman–Crippen MR) is 82.8 cm³/mol. The lowest BCUT2D eigenvalue weighted by molar-refractivity contribution is -0.141. The average Bonchev–Trinajstić information content (AvgIpc) is 2.97. The number of carboxylic acid groups (broad SMARTS) is 1. The molecule has 7 heteroatoms. The van der Waals surface area contributed by atoms with E-state index in [-0.39, 0.29) is 31.3 Å². The van der Waals surface area contributed by atoms with Gasteiger partial charge in [-0.05, 0) is 18.6 Å². The van der Waals surface area contributed by atoms with Crippen LogP contribution in [0.5, 0.6) is 11.5 Å². The van der Waals surface area contributed by atoms with Crippen molar-refractivity contribution in [3.8, 4) is 11.5 Å². The van der Waals surface area contributed by atoms with Crippen molar-refractivity contribution in [1.82, 2.24) is 4.90 Å². The number of hydrogen-bond donors (Lipinski definition) is 1. The van der Waals surface area contributed by atoms with Gasteiger partial charge in [0, 0.05) is 18.7 Å². The molecule has 1 aliphatic rings. The van der Waals surface area contributed by atoms with Gasteiger partial charge in [-0.2, -0.15) is 0 Å². The quantitative estimate of drug-likeness (QED) is 0.888. The summed E-state index contributed by atoms with van der Waals surface area (Å²) in [5, 5.41) is 8.99. The summed E-state index contributed by atoms with van der Waals surface area (Å²) >= 11 is 0. The lowest BCUT2D eigenvalue weighted by Crippen LogP contribution is -2.31. The summed E-state index contributed by atoms with van der Waals surface area (Å²) in [7, 11) is 3.08. The van der Waals surface area contributed by atoms with Crippen LogP contribution in [0.1, 0.15) is 12.0 Å². The number of rotatable bonds is 5. The zero-order valence-electron chi connectivity index (χ0n) is 12.6. The highest BCUT2D eigenvalue weighted by atomic mass is 35.5. The van der Waals surface area contributed by atoms with E-state index in [9.17, 15) is 9.59 Å². The maximum atomic E-state index is 12.3. The normalized spacial score (nSPS) is 16.8. The molecule has 1 fully saturated rings. The van der Waals surface area contributed by atoms with Gasteiger partial charge in [0.1, 0.15) is 11.5 Å². The Bertz CT molecular complexity index is 526. The van der Waals surface area contributed by atoms with Crippen molar-refractivity contribution in [3.05, 3.63) is 23.8 Å². The fourth-order valence-corrected chi connectivity index (χ4v) is 2.55. The summed E-state index contributed by atoms with van der Waals surface area (Å²) in [4.78, 5) is 24.9. The lowest BCUT2D eigenvalue weighted by atomic mass is 10.1. The number of aliphatic carboxylic acids is 1. The number of ether oxygens (including phenoxy) is 2. The zero-order chi connectivity index (χ0) is 15.4. The Morgan fingerprint density at radius 3 is 2.32 bits per heavy atom. The van der Waals surface area contributed by atoms with Crippen molar-refractivity contribution < 1.29 is 24.2 Å². The van der Waals surface area contributed by atoms with Crippen LogP contribution in [0.2, 0.25) is 0 Å². The molecule has 1 amide bonds. The smallest absolute Gasteiger partial charge is 0.308 e. The molecule has 0 aliphatic carbocycles. The van der Waals surface area contributed by atoms with Gasteiger partial charge in [0.05, 0.1) is 26.6 Å². The largest absolute Gasteiger partial charge is 0.496 e. The Labute approximate surface area is 135 Å². The molecule has 122 valence electrons. The second kappa shape index (κ2) is 7.89. The SMILES string of the molecule is COc1cccc(OC)c1CC(=O)N1CCC(C(=O)O)C1.Cl. The molecule has 2 rings (SSSR count). The minimum Gasteiger partial charge on any atom is -0.496 e. The molecule has 1 heterocycles. The molecule has 0 bridgehead atoms. The van der Waals surface area contributed by atoms with Crippen molar-refractivity contribution in [1.29, 1.82) is 0 Å². The third-order valence-corrected chi connectivity index (χ3v) is 3.75. The van der Waals surface area contributed by atoms with Crippen LogP contribution in [0.4, 0.5) is 0 Å². The minimum atomic E-state index is -0.847. The second-order valence-corrected chi connectivity index (χ2v) is 4.98. The standard InChI is InChI=1S/C15H19NO5.ClH/c1-20-12-4-3-5-13(21-2)11(12)8-14(17)16-7-6-10(9-16)15(18)19;/h3-5,10H,6-9H2,1-2H3,(H,18,19);1H. The topological polar surface area (TPSA) is 76.1 Å². The monoisotopic (exact) mass is 329 g/mol. The van der Waals surface area contributed by atoms with Gasteiger partial charge in [0.15, 0.2) is 0 Å². The molecular weight excluding hydrogens is 310 g/mol. The maximum absolute atomic E-state index is 12.3. The van der Waals surface area contributed by atoms with Crippen LogP contribution in [0, 0.1) is 5.92 Å². The number of carboxylic acids is 1. The fraction of sp³-hybridized carbons (Fsp3) is 0.467. The van der Waals surface area contributed by atoms with Crippen LogP contribution in [-0.2, 0) is 16.0 Å². The van der Waals surface area contributed by atoms with Crippen LogP contribution >= 0.6 is 12.4 Å². The van der Waals surface area contributed by atoms with Gasteiger partial charge in [-0.25, -0.2) is 0 Å². The number of halogens is 1. The van der Waals surface area contributed by atoms with E-state index in [1.807, 2.05) is 0 Å². The van der Waals surface area contributed by atoms with Crippen LogP contribution in [-0.4, -0.2) is 49.2 Å². The van der Waals surface area contributed by atoms with Crippen LogP contribution in [0.3, 0.4) is 0 Å². The zero-order valence-corrected chi connectivity index (χ0v) is 13.4. The number of benzene rings is 1. The molecule has 6 nitrogen and oxygen atoms in total. The predicted octanol–water partition coefficient (Wildman–Crippen LogP) is 1.60. The van der Waals surface area contributed by atoms with Crippen molar-refractivity contribution in [2.24, 2.45) is 5.92 Å². The summed E-state index contributed by atoms with van der Waals surface area (Å²) in [5.74, 6) is -0.233. The molecule has 0 saturated carbocycles. The van der Waals surface area contributed by atoms with Crippen molar-refractivity contribution in [3.63, 3.8) is 0 Å². The van der Waals surface area contributed by atoms with E-state index in [1.165, 1.54) is 0 Å². The number of methoxy groups -OCH3 is 2. The van der Waals surface area contributed by atoms with Gasteiger partial charge in [-0.15, -0.1) is 12.4 Å². The highest BCUT2D eigenvalue weighted by Crippen LogP contribution is 2.29. The first-order chi connectivity index (χ1) is 10.1. The first-order valence-electron chi connectivity index (χ1n) is 6.77. The highest BCUT2D eigenvalue weighted by molar-refractivity contribution is 5.85. The lowest BCUT2D eigenvalue weighted by Gasteiger charge is -2.18. The Morgan fingerprint density at radius 2 is 1.86 bits per heavy atom. The van der Waals surface area contributed by atoms with Crippen LogP contribution < -0.4 is 9.47 Å². The first kappa shape index (κ1) is 18.1. The first-order valence-corrected chi connectivity index (χ1v) is 6.77. The number of nitrogens with zero attached hydrogens (tertiary/aromatic N) is 1. The van der Waals surface area contributed by atoms with E-state index in [4.69, 9.17) is 14.6 Å². The van der Waals surface area contributed by atoms with Crippen molar-refractivity contribution >= 4 is 24.3 Å². The molecular formula is C15H20ClNO5. The van der Waals surface area contributed by atoms with E-state index in [1.54, 1.807) is 37.3 Å². The van der Waals surface area contributed by atoms with E-state index < -0.39 is 11.9 Å². The van der Waals surface area contributed by atoms with Crippen molar-refractivity contribution in [2.45, 2.75) is 12.8 Å². The van der Waals surface area contributed by atoms with Gasteiger partial charge < -0.3 is 19.5 Å². The molecule has 1 aromatic carbocycles. The summed E-state index contributed by atoms with van der Waals surface area (Å²) < 4.78 is 10.5. The fourth-order valence-electron chi connectivity index (χ4n) is 2.55. The Balaban J connectivity index is 0.00000242. The second-order valence-electron chi connectivity index (χ2n) is 4.98. The van der Waals surface area contributed by atoms with Gasteiger partial charge in [-0.3, -0.25) is 9.59 Å². The molecule has 0 spiro atoms. The number of likely N-dealkylation sites (tertiary alicyclic amines) is 1. The molecule has 1 aliphatic heterocycles. The van der Waals surface area contributed by atoms with Gasteiger partial charge in [0.25, 0.3) is 0 Å². The third kappa shape index (κ3) is 3.82. The molecule has 1 aromatic rings. The average molecular weight is 330 g/mol. The number of hydrogen-bond acceptors (Lipinski definition) is 4. The summed E-state index contributed by atoms with van der Waals surface area (Å²) in [6, 6.07) is 5.34. The highest BCUT2D eigenvalue weighted by Gasteiger charge is 2.31. The third-order valence-electron chi connectivity index (χ3n) is 3.75. The molecule has 1 atom stereocenters. The van der Waals surface area contributed by atoms with Crippen molar-refractivity contribution in [2.75, 3.05) is 27.3 Å². The maximum Gasteiger partial charge on any atom is 0.308 e. The summed E-state index contributed by atoms with van der Waals surface area (Å²) in [6.45, 7) is 0.749. The molecule has 0 aromatic heterocycles. The molecule has 0 radical (unpaired) electrons. The molecule has 22 heavy (non-hydrogen) atoms. The Kier molecular flexibility index (Phi) is 6.49. The van der Waals surface area contributed by atoms with Crippen LogP contribution in [0.25, 0.3) is 0 Å². The van der Waals surface area contributed by atoms with E-state index in [0.29, 0.717) is 30.0 Å². The summed E-state index contributed by atoms with van der Waals surface area (Å²) in [6.07, 6.45) is 0.643. The molecule has 1 unspecified atom stereocenters. The number of carbonyl (C=O) groups is 2.